The number of ether oxygens (including phenoxy) is 1. The van der Waals surface area contributed by atoms with Crippen molar-refractivity contribution >= 4 is 27.5 Å². The third kappa shape index (κ3) is 5.09. The van der Waals surface area contributed by atoms with E-state index in [4.69, 9.17) is 16.3 Å². The first-order valence-electron chi connectivity index (χ1n) is 8.24. The summed E-state index contributed by atoms with van der Waals surface area (Å²) in [5.74, 6) is 0.338. The summed E-state index contributed by atoms with van der Waals surface area (Å²) in [6.07, 6.45) is 2.59. The molecule has 0 aliphatic rings. The van der Waals surface area contributed by atoms with Crippen LogP contribution in [0, 0.1) is 6.92 Å². The van der Waals surface area contributed by atoms with Gasteiger partial charge in [0.25, 0.3) is 5.91 Å². The van der Waals surface area contributed by atoms with Crippen molar-refractivity contribution in [3.63, 3.8) is 0 Å². The summed E-state index contributed by atoms with van der Waals surface area (Å²) < 4.78 is 30.6. The van der Waals surface area contributed by atoms with Gasteiger partial charge >= 0.3 is 0 Å². The fourth-order valence-corrected chi connectivity index (χ4v) is 3.05. The Hall–Kier alpha value is -2.90. The molecule has 8 heteroatoms. The highest BCUT2D eigenvalue weighted by atomic mass is 35.5. The maximum atomic E-state index is 12.2. The van der Waals surface area contributed by atoms with Crippen LogP contribution in [-0.4, -0.2) is 25.6 Å². The highest BCUT2D eigenvalue weighted by Gasteiger charge is 2.16. The maximum Gasteiger partial charge on any atom is 0.264 e. The number of hydrogen-bond acceptors (Lipinski definition) is 5. The Morgan fingerprint density at radius 2 is 1.79 bits per heavy atom. The van der Waals surface area contributed by atoms with Gasteiger partial charge < -0.3 is 4.74 Å². The molecule has 0 saturated carbocycles. The van der Waals surface area contributed by atoms with Gasteiger partial charge in [-0.3, -0.25) is 9.78 Å². The zero-order chi connectivity index (χ0) is 20.3. The number of carbonyl (C=O) groups excluding carboxylic acids is 1. The van der Waals surface area contributed by atoms with Gasteiger partial charge in [-0.1, -0.05) is 17.7 Å². The fourth-order valence-electron chi connectivity index (χ4n) is 2.47. The van der Waals surface area contributed by atoms with Crippen molar-refractivity contribution in [1.29, 1.82) is 0 Å². The first-order chi connectivity index (χ1) is 13.2. The monoisotopic (exact) mass is 416 g/mol. The summed E-state index contributed by atoms with van der Waals surface area (Å²) in [5, 5.41) is 0.586. The molecule has 3 rings (SSSR count). The number of benzene rings is 2. The molecule has 2 aromatic carbocycles. The van der Waals surface area contributed by atoms with Gasteiger partial charge in [0.2, 0.25) is 10.0 Å². The van der Waals surface area contributed by atoms with E-state index in [0.29, 0.717) is 22.1 Å². The van der Waals surface area contributed by atoms with Gasteiger partial charge in [0.1, 0.15) is 11.5 Å². The van der Waals surface area contributed by atoms with Crippen LogP contribution in [0.15, 0.2) is 60.8 Å². The lowest BCUT2D eigenvalue weighted by atomic mass is 10.0. The standard InChI is InChI=1S/C20H17ClN2O4S/c1-13-3-4-15(12-22-13)18-11-14(20(24)23-28(2,25)26)5-10-19(18)27-17-8-6-16(21)7-9-17/h3-12H,1-2H3,(H,23,24). The first kappa shape index (κ1) is 19.9. The van der Waals surface area contributed by atoms with E-state index in [-0.39, 0.29) is 5.56 Å². The third-order valence-electron chi connectivity index (χ3n) is 3.78. The summed E-state index contributed by atoms with van der Waals surface area (Å²) in [6, 6.07) is 15.2. The molecular weight excluding hydrogens is 400 g/mol. The number of carbonyl (C=O) groups is 1. The third-order valence-corrected chi connectivity index (χ3v) is 4.59. The first-order valence-corrected chi connectivity index (χ1v) is 10.5. The smallest absolute Gasteiger partial charge is 0.264 e. The molecule has 0 spiro atoms. The second kappa shape index (κ2) is 8.00. The number of pyridine rings is 1. The number of nitrogens with zero attached hydrogens (tertiary/aromatic N) is 1. The number of rotatable bonds is 5. The van der Waals surface area contributed by atoms with E-state index in [2.05, 4.69) is 4.98 Å². The molecular formula is C20H17ClN2O4S. The minimum atomic E-state index is -3.67. The zero-order valence-corrected chi connectivity index (χ0v) is 16.7. The maximum absolute atomic E-state index is 12.2. The van der Waals surface area contributed by atoms with Crippen molar-refractivity contribution in [2.75, 3.05) is 6.26 Å². The van der Waals surface area contributed by atoms with Crippen LogP contribution in [0.1, 0.15) is 16.1 Å². The highest BCUT2D eigenvalue weighted by molar-refractivity contribution is 7.89. The number of halogens is 1. The average Bonchev–Trinajstić information content (AvgIpc) is 2.63. The number of aromatic nitrogens is 1. The Bertz CT molecular complexity index is 1110. The normalized spacial score (nSPS) is 11.1. The van der Waals surface area contributed by atoms with E-state index in [1.807, 2.05) is 23.8 Å². The molecule has 0 bridgehead atoms. The summed E-state index contributed by atoms with van der Waals surface area (Å²) in [7, 11) is -3.67. The van der Waals surface area contributed by atoms with Crippen LogP contribution in [-0.2, 0) is 10.0 Å². The second-order valence-corrected chi connectivity index (χ2v) is 8.34. The number of aryl methyl sites for hydroxylation is 1. The van der Waals surface area contributed by atoms with E-state index in [9.17, 15) is 13.2 Å². The van der Waals surface area contributed by atoms with Crippen molar-refractivity contribution in [1.82, 2.24) is 9.71 Å². The summed E-state index contributed by atoms with van der Waals surface area (Å²) >= 11 is 5.91. The van der Waals surface area contributed by atoms with Crippen molar-refractivity contribution in [2.24, 2.45) is 0 Å². The molecule has 144 valence electrons. The van der Waals surface area contributed by atoms with Gasteiger partial charge in [0, 0.05) is 33.6 Å². The predicted octanol–water partition coefficient (Wildman–Crippen LogP) is 4.19. The van der Waals surface area contributed by atoms with E-state index in [1.165, 1.54) is 6.07 Å². The van der Waals surface area contributed by atoms with Crippen LogP contribution in [0.4, 0.5) is 0 Å². The molecule has 0 aliphatic heterocycles. The lowest BCUT2D eigenvalue weighted by molar-refractivity contribution is 0.0981. The van der Waals surface area contributed by atoms with Crippen molar-refractivity contribution < 1.29 is 17.9 Å². The average molecular weight is 417 g/mol. The Morgan fingerprint density at radius 3 is 2.39 bits per heavy atom. The molecule has 0 aliphatic carbocycles. The number of hydrogen-bond donors (Lipinski definition) is 1. The lowest BCUT2D eigenvalue weighted by Crippen LogP contribution is -2.29. The Labute approximate surface area is 168 Å². The van der Waals surface area contributed by atoms with Gasteiger partial charge in [0.15, 0.2) is 0 Å². The lowest BCUT2D eigenvalue weighted by Gasteiger charge is -2.13. The van der Waals surface area contributed by atoms with E-state index in [0.717, 1.165) is 17.5 Å². The van der Waals surface area contributed by atoms with Crippen LogP contribution in [0.2, 0.25) is 5.02 Å². The molecule has 28 heavy (non-hydrogen) atoms. The predicted molar refractivity (Wildman–Crippen MR) is 108 cm³/mol. The SMILES string of the molecule is Cc1ccc(-c2cc(C(=O)NS(C)(=O)=O)ccc2Oc2ccc(Cl)cc2)cn1. The minimum Gasteiger partial charge on any atom is -0.457 e. The van der Waals surface area contributed by atoms with Gasteiger partial charge in [-0.2, -0.15) is 0 Å². The van der Waals surface area contributed by atoms with Crippen LogP contribution in [0.25, 0.3) is 11.1 Å². The topological polar surface area (TPSA) is 85.4 Å². The quantitative estimate of drug-likeness (QED) is 0.673. The van der Waals surface area contributed by atoms with Crippen LogP contribution >= 0.6 is 11.6 Å². The molecule has 1 N–H and O–H groups in total. The van der Waals surface area contributed by atoms with Gasteiger partial charge in [0.05, 0.1) is 6.26 Å². The van der Waals surface area contributed by atoms with E-state index in [1.54, 1.807) is 42.6 Å². The van der Waals surface area contributed by atoms with Crippen LogP contribution < -0.4 is 9.46 Å². The summed E-state index contributed by atoms with van der Waals surface area (Å²) in [6.45, 7) is 1.87. The number of nitrogens with one attached hydrogen (secondary N) is 1. The summed E-state index contributed by atoms with van der Waals surface area (Å²) in [4.78, 5) is 16.5. The molecule has 0 unspecified atom stereocenters. The molecule has 3 aromatic rings. The molecule has 0 saturated heterocycles. The van der Waals surface area contributed by atoms with Crippen LogP contribution in [0.5, 0.6) is 11.5 Å². The molecule has 0 fully saturated rings. The number of sulfonamides is 1. The highest BCUT2D eigenvalue weighted by Crippen LogP contribution is 2.34. The zero-order valence-electron chi connectivity index (χ0n) is 15.1. The molecule has 0 atom stereocenters. The van der Waals surface area contributed by atoms with Gasteiger partial charge in [-0.15, -0.1) is 0 Å². The van der Waals surface area contributed by atoms with E-state index < -0.39 is 15.9 Å². The molecule has 0 radical (unpaired) electrons. The van der Waals surface area contributed by atoms with Crippen molar-refractivity contribution in [3.05, 3.63) is 77.1 Å². The minimum absolute atomic E-state index is 0.185. The number of amides is 1. The fraction of sp³-hybridized carbons (Fsp3) is 0.100. The Balaban J connectivity index is 2.04. The van der Waals surface area contributed by atoms with E-state index >= 15 is 0 Å². The second-order valence-electron chi connectivity index (χ2n) is 6.16. The molecule has 1 amide bonds. The molecule has 1 heterocycles. The van der Waals surface area contributed by atoms with Crippen molar-refractivity contribution in [2.45, 2.75) is 6.92 Å². The van der Waals surface area contributed by atoms with Gasteiger partial charge in [-0.25, -0.2) is 13.1 Å². The largest absolute Gasteiger partial charge is 0.457 e. The Kier molecular flexibility index (Phi) is 5.67. The van der Waals surface area contributed by atoms with Crippen molar-refractivity contribution in [3.8, 4) is 22.6 Å². The molecule has 1 aromatic heterocycles. The molecule has 6 nitrogen and oxygen atoms in total. The summed E-state index contributed by atoms with van der Waals surface area (Å²) in [5.41, 5.74) is 2.35. The Morgan fingerprint density at radius 1 is 1.07 bits per heavy atom. The van der Waals surface area contributed by atoms with Crippen LogP contribution in [0.3, 0.4) is 0 Å². The van der Waals surface area contributed by atoms with Gasteiger partial charge in [-0.05, 0) is 55.5 Å².